The van der Waals surface area contributed by atoms with Crippen LogP contribution in [0.2, 0.25) is 0 Å². The van der Waals surface area contributed by atoms with Crippen molar-refractivity contribution in [1.82, 2.24) is 15.1 Å². The lowest BCUT2D eigenvalue weighted by molar-refractivity contribution is -0.119. The Kier molecular flexibility index (Phi) is 5.63. The molecular weight excluding hydrogens is 390 g/mol. The third kappa shape index (κ3) is 4.17. The molecule has 1 N–H and O–H groups in total. The number of hydrogen-bond donors (Lipinski definition) is 1. The summed E-state index contributed by atoms with van der Waals surface area (Å²) in [6, 6.07) is 17.2. The van der Waals surface area contributed by atoms with Crippen molar-refractivity contribution in [1.29, 1.82) is 0 Å². The van der Waals surface area contributed by atoms with Crippen LogP contribution >= 0.6 is 11.8 Å². The van der Waals surface area contributed by atoms with Gasteiger partial charge in [-0.05, 0) is 67.3 Å². The lowest BCUT2D eigenvalue weighted by Crippen LogP contribution is -2.32. The first-order valence-corrected chi connectivity index (χ1v) is 11.9. The smallest absolute Gasteiger partial charge is 0.230 e. The summed E-state index contributed by atoms with van der Waals surface area (Å²) in [6.07, 6.45) is 8.67. The second-order valence-electron chi connectivity index (χ2n) is 8.27. The van der Waals surface area contributed by atoms with Crippen LogP contribution in [-0.2, 0) is 30.6 Å². The van der Waals surface area contributed by atoms with Crippen molar-refractivity contribution in [2.24, 2.45) is 0 Å². The van der Waals surface area contributed by atoms with Gasteiger partial charge in [-0.1, -0.05) is 36.4 Å². The topological polar surface area (TPSA) is 46.9 Å². The molecule has 1 atom stereocenters. The summed E-state index contributed by atoms with van der Waals surface area (Å²) in [4.78, 5) is 13.9. The highest BCUT2D eigenvalue weighted by molar-refractivity contribution is 8.00. The molecule has 0 aliphatic heterocycles. The van der Waals surface area contributed by atoms with E-state index in [0.717, 1.165) is 25.8 Å². The van der Waals surface area contributed by atoms with E-state index in [4.69, 9.17) is 0 Å². The van der Waals surface area contributed by atoms with Crippen LogP contribution in [0.3, 0.4) is 0 Å². The van der Waals surface area contributed by atoms with Gasteiger partial charge in [0.2, 0.25) is 5.91 Å². The summed E-state index contributed by atoms with van der Waals surface area (Å²) in [6.45, 7) is 0.783. The largest absolute Gasteiger partial charge is 0.348 e. The summed E-state index contributed by atoms with van der Waals surface area (Å²) < 4.78 is 2.10. The molecule has 2 aromatic carbocycles. The van der Waals surface area contributed by atoms with Crippen LogP contribution in [0.4, 0.5) is 0 Å². The van der Waals surface area contributed by atoms with Crippen molar-refractivity contribution < 1.29 is 4.79 Å². The van der Waals surface area contributed by atoms with E-state index in [1.807, 2.05) is 12.3 Å². The first-order valence-electron chi connectivity index (χ1n) is 10.9. The number of nitrogens with one attached hydrogen (secondary N) is 1. The summed E-state index contributed by atoms with van der Waals surface area (Å²) in [7, 11) is 0. The monoisotopic (exact) mass is 417 g/mol. The van der Waals surface area contributed by atoms with Crippen LogP contribution in [0.25, 0.3) is 0 Å². The minimum absolute atomic E-state index is 0.0754. The number of hydrogen-bond acceptors (Lipinski definition) is 3. The van der Waals surface area contributed by atoms with Crippen LogP contribution in [0.1, 0.15) is 53.3 Å². The molecule has 4 nitrogen and oxygen atoms in total. The van der Waals surface area contributed by atoms with Gasteiger partial charge in [-0.2, -0.15) is 5.10 Å². The second kappa shape index (κ2) is 8.68. The zero-order chi connectivity index (χ0) is 20.3. The number of aryl methyl sites for hydroxylation is 2. The third-order valence-corrected chi connectivity index (χ3v) is 7.21. The second-order valence-corrected chi connectivity index (χ2v) is 9.32. The van der Waals surface area contributed by atoms with Gasteiger partial charge in [0.25, 0.3) is 0 Å². The molecule has 1 unspecified atom stereocenters. The molecule has 3 aromatic rings. The summed E-state index contributed by atoms with van der Waals surface area (Å²) >= 11 is 1.64. The number of carbonyl (C=O) groups is 1. The van der Waals surface area contributed by atoms with Crippen LogP contribution in [0.5, 0.6) is 0 Å². The number of aromatic nitrogens is 2. The summed E-state index contributed by atoms with van der Waals surface area (Å²) in [5.41, 5.74) is 6.64. The van der Waals surface area contributed by atoms with Gasteiger partial charge < -0.3 is 5.32 Å². The number of rotatable bonds is 6. The Morgan fingerprint density at radius 3 is 2.83 bits per heavy atom. The highest BCUT2D eigenvalue weighted by Crippen LogP contribution is 2.31. The fraction of sp³-hybridized carbons (Fsp3) is 0.360. The Morgan fingerprint density at radius 1 is 1.07 bits per heavy atom. The van der Waals surface area contributed by atoms with Crippen LogP contribution in [0, 0.1) is 0 Å². The van der Waals surface area contributed by atoms with Crippen LogP contribution in [-0.4, -0.2) is 21.4 Å². The molecule has 0 saturated heterocycles. The fourth-order valence-electron chi connectivity index (χ4n) is 4.68. The number of thioether (sulfide) groups is 1. The third-order valence-electron chi connectivity index (χ3n) is 6.21. The van der Waals surface area contributed by atoms with Gasteiger partial charge in [-0.15, -0.1) is 11.8 Å². The van der Waals surface area contributed by atoms with E-state index in [1.165, 1.54) is 52.1 Å². The van der Waals surface area contributed by atoms with Crippen molar-refractivity contribution in [2.45, 2.75) is 56.0 Å². The molecule has 1 heterocycles. The molecular formula is C25H27N3OS. The van der Waals surface area contributed by atoms with E-state index in [1.54, 1.807) is 11.8 Å². The van der Waals surface area contributed by atoms with Crippen molar-refractivity contribution in [3.05, 3.63) is 82.7 Å². The normalized spacial score (nSPS) is 17.4. The number of amides is 1. The maximum absolute atomic E-state index is 12.7. The van der Waals surface area contributed by atoms with Gasteiger partial charge in [0, 0.05) is 16.2 Å². The molecule has 30 heavy (non-hydrogen) atoms. The molecule has 1 aromatic heterocycles. The molecule has 154 valence electrons. The van der Waals surface area contributed by atoms with E-state index in [-0.39, 0.29) is 11.9 Å². The van der Waals surface area contributed by atoms with E-state index in [2.05, 4.69) is 57.6 Å². The Bertz CT molecular complexity index is 1040. The molecule has 2 aliphatic carbocycles. The highest BCUT2D eigenvalue weighted by atomic mass is 32.2. The summed E-state index contributed by atoms with van der Waals surface area (Å²) in [5, 5.41) is 7.90. The molecule has 0 bridgehead atoms. The van der Waals surface area contributed by atoms with Crippen molar-refractivity contribution >= 4 is 17.7 Å². The van der Waals surface area contributed by atoms with Gasteiger partial charge in [0.05, 0.1) is 24.5 Å². The van der Waals surface area contributed by atoms with E-state index >= 15 is 0 Å². The van der Waals surface area contributed by atoms with Crippen molar-refractivity contribution in [3.63, 3.8) is 0 Å². The number of carbonyl (C=O) groups excluding carboxylic acids is 1. The van der Waals surface area contributed by atoms with E-state index in [0.29, 0.717) is 5.75 Å². The standard InChI is InChI=1S/C25H27N3OS/c29-25(17-30-21-13-12-19-8-4-9-20(19)14-21)27-23-10-5-11-24-22(23)15-26-28(24)16-18-6-2-1-3-7-18/h1-3,6-7,12-15,23H,4-5,8-11,16-17H2,(H,27,29). The molecule has 1 amide bonds. The molecule has 0 saturated carbocycles. The molecule has 2 aliphatic rings. The molecule has 5 rings (SSSR count). The Morgan fingerprint density at radius 2 is 1.93 bits per heavy atom. The number of fused-ring (bicyclic) bond motifs is 2. The minimum atomic E-state index is 0.0754. The predicted octanol–water partition coefficient (Wildman–Crippen LogP) is 4.71. The molecule has 0 radical (unpaired) electrons. The predicted molar refractivity (Wildman–Crippen MR) is 121 cm³/mol. The van der Waals surface area contributed by atoms with Gasteiger partial charge in [-0.3, -0.25) is 9.48 Å². The lowest BCUT2D eigenvalue weighted by atomic mass is 9.93. The number of nitrogens with zero attached hydrogens (tertiary/aromatic N) is 2. The fourth-order valence-corrected chi connectivity index (χ4v) is 5.46. The van der Waals surface area contributed by atoms with Gasteiger partial charge in [0.1, 0.15) is 0 Å². The van der Waals surface area contributed by atoms with Crippen LogP contribution in [0.15, 0.2) is 59.6 Å². The first-order chi connectivity index (χ1) is 14.8. The first kappa shape index (κ1) is 19.4. The number of benzene rings is 2. The SMILES string of the molecule is O=C(CSc1ccc2c(c1)CCC2)NC1CCCc2c1cnn2Cc1ccccc1. The molecule has 0 spiro atoms. The quantitative estimate of drug-likeness (QED) is 0.591. The Hall–Kier alpha value is -2.53. The van der Waals surface area contributed by atoms with E-state index < -0.39 is 0 Å². The lowest BCUT2D eigenvalue weighted by Gasteiger charge is -2.24. The highest BCUT2D eigenvalue weighted by Gasteiger charge is 2.25. The zero-order valence-corrected chi connectivity index (χ0v) is 18.0. The van der Waals surface area contributed by atoms with Gasteiger partial charge in [0.15, 0.2) is 0 Å². The van der Waals surface area contributed by atoms with Crippen molar-refractivity contribution in [2.75, 3.05) is 5.75 Å². The van der Waals surface area contributed by atoms with Crippen molar-refractivity contribution in [3.8, 4) is 0 Å². The van der Waals surface area contributed by atoms with E-state index in [9.17, 15) is 4.79 Å². The minimum Gasteiger partial charge on any atom is -0.348 e. The maximum atomic E-state index is 12.7. The van der Waals surface area contributed by atoms with Gasteiger partial charge in [-0.25, -0.2) is 0 Å². The maximum Gasteiger partial charge on any atom is 0.230 e. The average Bonchev–Trinajstić information content (AvgIpc) is 3.40. The van der Waals surface area contributed by atoms with Crippen LogP contribution < -0.4 is 5.32 Å². The zero-order valence-electron chi connectivity index (χ0n) is 17.1. The molecule has 0 fully saturated rings. The molecule has 5 heteroatoms. The Labute approximate surface area is 182 Å². The van der Waals surface area contributed by atoms with Gasteiger partial charge >= 0.3 is 0 Å². The average molecular weight is 418 g/mol. The Balaban J connectivity index is 1.21. The summed E-state index contributed by atoms with van der Waals surface area (Å²) in [5.74, 6) is 0.567.